The van der Waals surface area contributed by atoms with Gasteiger partial charge in [0.1, 0.15) is 11.6 Å². The first-order valence-electron chi connectivity index (χ1n) is 12.0. The lowest BCUT2D eigenvalue weighted by molar-refractivity contribution is -0.192. The van der Waals surface area contributed by atoms with Crippen molar-refractivity contribution in [3.8, 4) is 0 Å². The molecule has 186 valence electrons. The summed E-state index contributed by atoms with van der Waals surface area (Å²) in [4.78, 5) is 42.0. The number of hydrogen-bond acceptors (Lipinski definition) is 5. The van der Waals surface area contributed by atoms with E-state index < -0.39 is 35.1 Å². The molecule has 0 spiro atoms. The Balaban J connectivity index is 1.76. The van der Waals surface area contributed by atoms with Gasteiger partial charge in [0.05, 0.1) is 5.41 Å². The van der Waals surface area contributed by atoms with Crippen molar-refractivity contribution in [3.63, 3.8) is 0 Å². The Bertz CT molecular complexity index is 1060. The van der Waals surface area contributed by atoms with E-state index in [9.17, 15) is 24.6 Å². The Morgan fingerprint density at radius 1 is 0.914 bits per heavy atom. The topological polar surface area (TPSA) is 107 Å². The first kappa shape index (κ1) is 24.7. The van der Waals surface area contributed by atoms with Gasteiger partial charge in [-0.15, -0.1) is 0 Å². The van der Waals surface area contributed by atoms with E-state index in [-0.39, 0.29) is 25.9 Å². The van der Waals surface area contributed by atoms with Crippen LogP contribution in [0.3, 0.4) is 0 Å². The minimum atomic E-state index is -1.76. The van der Waals surface area contributed by atoms with Crippen LogP contribution in [0.1, 0.15) is 37.3 Å². The number of rotatable bonds is 7. The fourth-order valence-electron chi connectivity index (χ4n) is 5.55. The number of carbonyl (C=O) groups excluding carboxylic acids is 1. The Hall–Kier alpha value is -3.39. The van der Waals surface area contributed by atoms with Crippen LogP contribution in [0.15, 0.2) is 60.7 Å². The van der Waals surface area contributed by atoms with Gasteiger partial charge >= 0.3 is 18.0 Å². The molecule has 2 aliphatic heterocycles. The van der Waals surface area contributed by atoms with Gasteiger partial charge in [-0.1, -0.05) is 60.7 Å². The predicted molar refractivity (Wildman–Crippen MR) is 129 cm³/mol. The van der Waals surface area contributed by atoms with E-state index in [1.807, 2.05) is 60.7 Å². The molecule has 0 saturated carbocycles. The molecular formula is C27H32N2O6. The first-order valence-corrected chi connectivity index (χ1v) is 12.0. The third kappa shape index (κ3) is 4.75. The summed E-state index contributed by atoms with van der Waals surface area (Å²) in [7, 11) is 0. The van der Waals surface area contributed by atoms with Crippen LogP contribution in [-0.2, 0) is 27.3 Å². The standard InChI is InChI=1S/C27H32N2O6/c1-26(23(30)31)17-22(35-25(34)28-14-8-9-15-28)19-29(18-21-12-6-3-7-13-21)27(26,24(32)33)16-20-10-4-2-5-11-20/h2-7,10-13,22H,8-9,14-19H2,1H3,(H,30,31)(H,32,33)/t22-,26+,27+/m0/s1. The highest BCUT2D eigenvalue weighted by Crippen LogP contribution is 2.48. The van der Waals surface area contributed by atoms with Gasteiger partial charge in [0.2, 0.25) is 0 Å². The van der Waals surface area contributed by atoms with Crippen molar-refractivity contribution in [1.29, 1.82) is 0 Å². The third-order valence-electron chi connectivity index (χ3n) is 7.49. The summed E-state index contributed by atoms with van der Waals surface area (Å²) in [5.74, 6) is -2.43. The van der Waals surface area contributed by atoms with Gasteiger partial charge in [-0.3, -0.25) is 14.5 Å². The van der Waals surface area contributed by atoms with E-state index in [0.717, 1.165) is 24.0 Å². The fourth-order valence-corrected chi connectivity index (χ4v) is 5.55. The van der Waals surface area contributed by atoms with E-state index in [1.54, 1.807) is 9.80 Å². The number of nitrogens with zero attached hydrogens (tertiary/aromatic N) is 2. The molecule has 35 heavy (non-hydrogen) atoms. The summed E-state index contributed by atoms with van der Waals surface area (Å²) < 4.78 is 5.80. The van der Waals surface area contributed by atoms with E-state index in [1.165, 1.54) is 6.92 Å². The highest BCUT2D eigenvalue weighted by atomic mass is 16.6. The minimum absolute atomic E-state index is 0.00555. The molecule has 2 saturated heterocycles. The molecule has 0 radical (unpaired) electrons. The first-order chi connectivity index (χ1) is 16.8. The number of piperidine rings is 1. The molecule has 2 N–H and O–H groups in total. The van der Waals surface area contributed by atoms with Crippen LogP contribution in [0.5, 0.6) is 0 Å². The third-order valence-corrected chi connectivity index (χ3v) is 7.49. The molecule has 2 aliphatic rings. The number of hydrogen-bond donors (Lipinski definition) is 2. The van der Waals surface area contributed by atoms with Crippen LogP contribution < -0.4 is 0 Å². The lowest BCUT2D eigenvalue weighted by atomic mass is 9.61. The van der Waals surface area contributed by atoms with Crippen LogP contribution in [-0.4, -0.2) is 69.3 Å². The zero-order valence-corrected chi connectivity index (χ0v) is 19.9. The molecule has 8 heteroatoms. The molecule has 1 amide bonds. The van der Waals surface area contributed by atoms with Gasteiger partial charge in [0.25, 0.3) is 0 Å². The van der Waals surface area contributed by atoms with E-state index in [0.29, 0.717) is 13.1 Å². The van der Waals surface area contributed by atoms with Crippen molar-refractivity contribution in [2.75, 3.05) is 19.6 Å². The molecule has 2 aromatic rings. The Kier molecular flexibility index (Phi) is 7.12. The van der Waals surface area contributed by atoms with Crippen LogP contribution in [0.25, 0.3) is 0 Å². The highest BCUT2D eigenvalue weighted by molar-refractivity contribution is 5.90. The smallest absolute Gasteiger partial charge is 0.410 e. The number of carboxylic acids is 2. The second kappa shape index (κ2) is 10.1. The molecule has 0 bridgehead atoms. The lowest BCUT2D eigenvalue weighted by Gasteiger charge is -2.55. The fraction of sp³-hybridized carbons (Fsp3) is 0.444. The molecule has 2 fully saturated rings. The minimum Gasteiger partial charge on any atom is -0.481 e. The second-order valence-electron chi connectivity index (χ2n) is 9.74. The van der Waals surface area contributed by atoms with Crippen molar-refractivity contribution in [2.24, 2.45) is 5.41 Å². The molecule has 0 aliphatic carbocycles. The Morgan fingerprint density at radius 2 is 1.49 bits per heavy atom. The molecule has 2 aromatic carbocycles. The van der Waals surface area contributed by atoms with Crippen LogP contribution in [0.2, 0.25) is 0 Å². The monoisotopic (exact) mass is 480 g/mol. The average molecular weight is 481 g/mol. The van der Waals surface area contributed by atoms with Crippen LogP contribution in [0.4, 0.5) is 4.79 Å². The largest absolute Gasteiger partial charge is 0.481 e. The SMILES string of the molecule is C[C@]1(C(=O)O)C[C@H](OC(=O)N2CCCC2)CN(Cc2ccccc2)[C@]1(Cc1ccccc1)C(=O)O. The quantitative estimate of drug-likeness (QED) is 0.623. The molecule has 2 heterocycles. The summed E-state index contributed by atoms with van der Waals surface area (Å²) in [6, 6.07) is 18.4. The van der Waals surface area contributed by atoms with Crippen molar-refractivity contribution in [1.82, 2.24) is 9.80 Å². The average Bonchev–Trinajstić information content (AvgIpc) is 3.38. The maximum Gasteiger partial charge on any atom is 0.410 e. The van der Waals surface area contributed by atoms with E-state index in [4.69, 9.17) is 4.74 Å². The summed E-state index contributed by atoms with van der Waals surface area (Å²) in [5.41, 5.74) is -1.90. The van der Waals surface area contributed by atoms with E-state index >= 15 is 0 Å². The van der Waals surface area contributed by atoms with Crippen LogP contribution >= 0.6 is 0 Å². The van der Waals surface area contributed by atoms with Gasteiger partial charge in [0.15, 0.2) is 0 Å². The zero-order chi connectivity index (χ0) is 25.1. The Morgan fingerprint density at radius 3 is 2.03 bits per heavy atom. The summed E-state index contributed by atoms with van der Waals surface area (Å²) >= 11 is 0. The normalized spacial score (nSPS) is 26.9. The molecule has 4 rings (SSSR count). The second-order valence-corrected chi connectivity index (χ2v) is 9.74. The molecule has 0 aromatic heterocycles. The number of aliphatic carboxylic acids is 2. The molecule has 8 nitrogen and oxygen atoms in total. The number of likely N-dealkylation sites (tertiary alicyclic amines) is 2. The number of benzene rings is 2. The Labute approximate surface area is 205 Å². The van der Waals surface area contributed by atoms with E-state index in [2.05, 4.69) is 0 Å². The summed E-state index contributed by atoms with van der Waals surface area (Å²) in [6.45, 7) is 3.03. The van der Waals surface area contributed by atoms with Crippen LogP contribution in [0, 0.1) is 5.41 Å². The van der Waals surface area contributed by atoms with Gasteiger partial charge in [-0.2, -0.15) is 0 Å². The molecule has 3 atom stereocenters. The van der Waals surface area contributed by atoms with Gasteiger partial charge in [-0.25, -0.2) is 4.79 Å². The molecule has 0 unspecified atom stereocenters. The highest BCUT2D eigenvalue weighted by Gasteiger charge is 2.65. The van der Waals surface area contributed by atoms with Gasteiger partial charge in [-0.05, 0) is 30.9 Å². The molecular weight excluding hydrogens is 448 g/mol. The number of ether oxygens (including phenoxy) is 1. The lowest BCUT2D eigenvalue weighted by Crippen LogP contribution is -2.72. The van der Waals surface area contributed by atoms with Crippen molar-refractivity contribution >= 4 is 18.0 Å². The van der Waals surface area contributed by atoms with Gasteiger partial charge in [0, 0.05) is 39.0 Å². The zero-order valence-electron chi connectivity index (χ0n) is 19.9. The van der Waals surface area contributed by atoms with Crippen molar-refractivity contribution in [3.05, 3.63) is 71.8 Å². The number of amides is 1. The predicted octanol–water partition coefficient (Wildman–Crippen LogP) is 3.65. The number of carboxylic acid groups (broad SMARTS) is 2. The van der Waals surface area contributed by atoms with Crippen molar-refractivity contribution in [2.45, 2.75) is 50.8 Å². The summed E-state index contributed by atoms with van der Waals surface area (Å²) in [5, 5.41) is 21.2. The number of carbonyl (C=O) groups is 3. The summed E-state index contributed by atoms with van der Waals surface area (Å²) in [6.07, 6.45) is 0.512. The van der Waals surface area contributed by atoms with Crippen molar-refractivity contribution < 1.29 is 29.3 Å². The van der Waals surface area contributed by atoms with Gasteiger partial charge < -0.3 is 19.8 Å². The maximum absolute atomic E-state index is 13.1. The maximum atomic E-state index is 13.1.